The maximum absolute atomic E-state index is 13.5. The summed E-state index contributed by atoms with van der Waals surface area (Å²) in [6, 6.07) is 7.11. The molecule has 3 rings (SSSR count). The van der Waals surface area contributed by atoms with Gasteiger partial charge in [-0.25, -0.2) is 9.59 Å². The van der Waals surface area contributed by atoms with Crippen LogP contribution in [0.1, 0.15) is 44.2 Å². The van der Waals surface area contributed by atoms with Gasteiger partial charge in [0.2, 0.25) is 0 Å². The average molecular weight is 696 g/mol. The maximum atomic E-state index is 13.5. The summed E-state index contributed by atoms with van der Waals surface area (Å²) in [5.41, 5.74) is 2.82. The lowest BCUT2D eigenvalue weighted by Crippen LogP contribution is -2.15. The van der Waals surface area contributed by atoms with E-state index in [1.807, 2.05) is 12.2 Å². The first-order valence-electron chi connectivity index (χ1n) is 13.0. The van der Waals surface area contributed by atoms with Crippen LogP contribution in [-0.4, -0.2) is 58.4 Å². The molecule has 41 heavy (non-hydrogen) atoms. The molecule has 9 nitrogen and oxygen atoms in total. The van der Waals surface area contributed by atoms with E-state index in [-0.39, 0.29) is 32.2 Å². The summed E-state index contributed by atoms with van der Waals surface area (Å²) < 4.78 is 33.2. The van der Waals surface area contributed by atoms with Gasteiger partial charge < -0.3 is 28.4 Å². The number of benzene rings is 2. The van der Waals surface area contributed by atoms with Gasteiger partial charge in [-0.05, 0) is 113 Å². The molecule has 0 saturated heterocycles. The van der Waals surface area contributed by atoms with Gasteiger partial charge in [-0.3, -0.25) is 4.79 Å². The van der Waals surface area contributed by atoms with Crippen molar-refractivity contribution in [3.8, 4) is 23.0 Å². The van der Waals surface area contributed by atoms with Crippen LogP contribution in [0, 0.1) is 0 Å². The largest absolute Gasteiger partial charge is 0.493 e. The van der Waals surface area contributed by atoms with E-state index in [9.17, 15) is 14.4 Å². The molecule has 1 aliphatic rings. The van der Waals surface area contributed by atoms with Crippen LogP contribution in [0.5, 0.6) is 23.0 Å². The Morgan fingerprint density at radius 1 is 0.756 bits per heavy atom. The van der Waals surface area contributed by atoms with Gasteiger partial charge in [-0.1, -0.05) is 0 Å². The van der Waals surface area contributed by atoms with Gasteiger partial charge in [0.1, 0.15) is 0 Å². The highest BCUT2D eigenvalue weighted by Crippen LogP contribution is 2.40. The van der Waals surface area contributed by atoms with Crippen LogP contribution in [0.25, 0.3) is 12.2 Å². The Kier molecular flexibility index (Phi) is 12.3. The number of ketones is 1. The highest BCUT2D eigenvalue weighted by molar-refractivity contribution is 9.11. The van der Waals surface area contributed by atoms with Gasteiger partial charge in [-0.2, -0.15) is 0 Å². The Morgan fingerprint density at radius 3 is 1.54 bits per heavy atom. The van der Waals surface area contributed by atoms with E-state index in [0.717, 1.165) is 17.5 Å². The standard InChI is InChI=1S/C30H32Br2O9/c1-5-38-26(33)16-40-29-22(31)12-18(14-24(29)36-3)10-20-8-7-9-21(28(20)35)11-19-13-23(32)30(25(15-19)37-4)41-17-27(34)39-6-2/h10-15H,5-9,16-17H2,1-4H3/b20-10+,21-11+. The Labute approximate surface area is 256 Å². The molecule has 0 aromatic heterocycles. The number of Topliss-reactive ketones (excluding diaryl/α,β-unsaturated/α-hetero) is 1. The maximum Gasteiger partial charge on any atom is 0.344 e. The van der Waals surface area contributed by atoms with E-state index >= 15 is 0 Å². The molecule has 2 aromatic rings. The summed E-state index contributed by atoms with van der Waals surface area (Å²) >= 11 is 6.96. The minimum absolute atomic E-state index is 0.0493. The molecule has 2 aromatic carbocycles. The molecule has 11 heteroatoms. The Morgan fingerprint density at radius 2 is 1.17 bits per heavy atom. The summed E-state index contributed by atoms with van der Waals surface area (Å²) in [5, 5.41) is 0. The third-order valence-corrected chi connectivity index (χ3v) is 7.12. The summed E-state index contributed by atoms with van der Waals surface area (Å²) in [4.78, 5) is 36.9. The third-order valence-electron chi connectivity index (χ3n) is 5.94. The van der Waals surface area contributed by atoms with Crippen molar-refractivity contribution in [2.24, 2.45) is 0 Å². The second kappa shape index (κ2) is 15.6. The van der Waals surface area contributed by atoms with E-state index in [1.165, 1.54) is 14.2 Å². The average Bonchev–Trinajstić information content (AvgIpc) is 2.93. The van der Waals surface area contributed by atoms with Crippen molar-refractivity contribution in [3.05, 3.63) is 55.5 Å². The quantitative estimate of drug-likeness (QED) is 0.186. The molecule has 1 aliphatic carbocycles. The molecule has 1 saturated carbocycles. The molecular weight excluding hydrogens is 664 g/mol. The van der Waals surface area contributed by atoms with Crippen molar-refractivity contribution >= 4 is 61.7 Å². The molecule has 220 valence electrons. The highest BCUT2D eigenvalue weighted by Gasteiger charge is 2.22. The van der Waals surface area contributed by atoms with Crippen LogP contribution < -0.4 is 18.9 Å². The smallest absolute Gasteiger partial charge is 0.344 e. The number of hydrogen-bond donors (Lipinski definition) is 0. The second-order valence-electron chi connectivity index (χ2n) is 8.78. The number of methoxy groups -OCH3 is 2. The summed E-state index contributed by atoms with van der Waals surface area (Å²) in [7, 11) is 3.00. The Hall–Kier alpha value is -3.31. The minimum Gasteiger partial charge on any atom is -0.493 e. The van der Waals surface area contributed by atoms with Crippen molar-refractivity contribution in [1.82, 2.24) is 0 Å². The molecule has 0 amide bonds. The number of carbonyl (C=O) groups excluding carboxylic acids is 3. The molecule has 0 spiro atoms. The van der Waals surface area contributed by atoms with Crippen LogP contribution in [0.15, 0.2) is 44.4 Å². The third kappa shape index (κ3) is 8.84. The fourth-order valence-electron chi connectivity index (χ4n) is 4.17. The molecule has 0 N–H and O–H groups in total. The van der Waals surface area contributed by atoms with Crippen molar-refractivity contribution in [3.63, 3.8) is 0 Å². The van der Waals surface area contributed by atoms with E-state index in [0.29, 0.717) is 55.9 Å². The van der Waals surface area contributed by atoms with E-state index < -0.39 is 11.9 Å². The second-order valence-corrected chi connectivity index (χ2v) is 10.5. The zero-order chi connectivity index (χ0) is 29.9. The van der Waals surface area contributed by atoms with Gasteiger partial charge in [0.05, 0.1) is 36.4 Å². The van der Waals surface area contributed by atoms with E-state index in [4.69, 9.17) is 28.4 Å². The minimum atomic E-state index is -0.483. The van der Waals surface area contributed by atoms with E-state index in [2.05, 4.69) is 31.9 Å². The first kappa shape index (κ1) is 32.2. The first-order valence-corrected chi connectivity index (χ1v) is 14.6. The summed E-state index contributed by atoms with van der Waals surface area (Å²) in [6.07, 6.45) is 5.73. The molecule has 0 unspecified atom stereocenters. The van der Waals surface area contributed by atoms with Gasteiger partial charge in [0, 0.05) is 11.1 Å². The lowest BCUT2D eigenvalue weighted by atomic mass is 9.87. The van der Waals surface area contributed by atoms with Crippen LogP contribution in [0.2, 0.25) is 0 Å². The topological polar surface area (TPSA) is 107 Å². The molecule has 0 radical (unpaired) electrons. The fraction of sp³-hybridized carbons (Fsp3) is 0.367. The normalized spacial score (nSPS) is 15.0. The van der Waals surface area contributed by atoms with Gasteiger partial charge in [-0.15, -0.1) is 0 Å². The lowest BCUT2D eigenvalue weighted by molar-refractivity contribution is -0.146. The Bertz CT molecular complexity index is 1250. The van der Waals surface area contributed by atoms with Crippen LogP contribution in [0.4, 0.5) is 0 Å². The van der Waals surface area contributed by atoms with Gasteiger partial charge in [0.15, 0.2) is 42.0 Å². The van der Waals surface area contributed by atoms with Crippen LogP contribution >= 0.6 is 31.9 Å². The number of halogens is 2. The molecule has 1 fully saturated rings. The summed E-state index contributed by atoms with van der Waals surface area (Å²) in [6.45, 7) is 3.46. The molecular formula is C30H32Br2O9. The monoisotopic (exact) mass is 694 g/mol. The lowest BCUT2D eigenvalue weighted by Gasteiger charge is -2.18. The van der Waals surface area contributed by atoms with Crippen LogP contribution in [0.3, 0.4) is 0 Å². The van der Waals surface area contributed by atoms with Crippen molar-refractivity contribution in [1.29, 1.82) is 0 Å². The summed E-state index contributed by atoms with van der Waals surface area (Å²) in [5.74, 6) is 0.548. The van der Waals surface area contributed by atoms with Crippen LogP contribution in [-0.2, 0) is 23.9 Å². The Balaban J connectivity index is 1.83. The van der Waals surface area contributed by atoms with Gasteiger partial charge >= 0.3 is 11.9 Å². The number of carbonyl (C=O) groups is 3. The SMILES string of the molecule is CCOC(=O)COc1c(Br)cc(/C=C2\CCC/C(=C\c3cc(Br)c(OCC(=O)OCC)c(OC)c3)C2=O)cc1OC. The predicted molar refractivity (Wildman–Crippen MR) is 160 cm³/mol. The van der Waals surface area contributed by atoms with Crippen molar-refractivity contribution in [2.75, 3.05) is 40.6 Å². The van der Waals surface area contributed by atoms with E-state index in [1.54, 1.807) is 38.1 Å². The fourth-order valence-corrected chi connectivity index (χ4v) is 5.32. The first-order chi connectivity index (χ1) is 19.7. The zero-order valence-electron chi connectivity index (χ0n) is 23.3. The highest BCUT2D eigenvalue weighted by atomic mass is 79.9. The van der Waals surface area contributed by atoms with Crippen molar-refractivity contribution in [2.45, 2.75) is 33.1 Å². The number of ether oxygens (including phenoxy) is 6. The zero-order valence-corrected chi connectivity index (χ0v) is 26.5. The number of rotatable bonds is 12. The van der Waals surface area contributed by atoms with Gasteiger partial charge in [0.25, 0.3) is 0 Å². The molecule has 0 bridgehead atoms. The van der Waals surface area contributed by atoms with Crippen molar-refractivity contribution < 1.29 is 42.8 Å². The number of allylic oxidation sites excluding steroid dienone is 2. The molecule has 0 atom stereocenters. The predicted octanol–water partition coefficient (Wildman–Crippen LogP) is 6.33. The number of hydrogen-bond acceptors (Lipinski definition) is 9. The molecule has 0 heterocycles. The number of esters is 2. The molecule has 0 aliphatic heterocycles.